The average molecular weight is 423 g/mol. The second-order valence-electron chi connectivity index (χ2n) is 6.59. The number of carbonyl (C=O) groups excluding carboxylic acids is 1. The van der Waals surface area contributed by atoms with Crippen LogP contribution in [0.15, 0.2) is 23.5 Å². The van der Waals surface area contributed by atoms with Gasteiger partial charge in [-0.2, -0.15) is 9.97 Å². The normalized spacial score (nSPS) is 17.4. The van der Waals surface area contributed by atoms with Gasteiger partial charge in [0.15, 0.2) is 5.82 Å². The highest BCUT2D eigenvalue weighted by Gasteiger charge is 2.43. The van der Waals surface area contributed by atoms with Crippen LogP contribution in [0.4, 0.5) is 16.3 Å². The second kappa shape index (κ2) is 7.31. The molecule has 10 heteroatoms. The summed E-state index contributed by atoms with van der Waals surface area (Å²) in [5.41, 5.74) is 1.25. The third kappa shape index (κ3) is 3.23. The maximum absolute atomic E-state index is 13.4. The number of benzene rings is 1. The van der Waals surface area contributed by atoms with E-state index in [-0.39, 0.29) is 23.8 Å². The lowest BCUT2D eigenvalue weighted by molar-refractivity contribution is 0.249. The molecule has 2 aliphatic rings. The Kier molecular flexibility index (Phi) is 4.98. The highest BCUT2D eigenvalue weighted by molar-refractivity contribution is 7.90. The zero-order valence-corrected chi connectivity index (χ0v) is 17.2. The van der Waals surface area contributed by atoms with E-state index in [1.165, 1.54) is 20.5 Å². The SMILES string of the molecule is COc1cc(OC)c(Cl)c(N2Cc3cnc([S+](C)[O-])nc3N(C3CC3)C2=O)c1. The molecule has 1 aliphatic heterocycles. The van der Waals surface area contributed by atoms with Gasteiger partial charge in [0.1, 0.15) is 22.8 Å². The number of rotatable bonds is 5. The smallest absolute Gasteiger partial charge is 0.344 e. The van der Waals surface area contributed by atoms with Gasteiger partial charge in [-0.1, -0.05) is 11.6 Å². The fourth-order valence-electron chi connectivity index (χ4n) is 3.17. The summed E-state index contributed by atoms with van der Waals surface area (Å²) in [5, 5.41) is 0.537. The fraction of sp³-hybridized carbons (Fsp3) is 0.389. The Morgan fingerprint density at radius 2 is 2.04 bits per heavy atom. The first-order valence-corrected chi connectivity index (χ1v) is 10.6. The molecule has 2 aromatic rings. The minimum absolute atomic E-state index is 0.0633. The van der Waals surface area contributed by atoms with Crippen molar-refractivity contribution >= 4 is 40.3 Å². The maximum atomic E-state index is 13.4. The number of methoxy groups -OCH3 is 2. The summed E-state index contributed by atoms with van der Waals surface area (Å²) in [5.74, 6) is 1.47. The monoisotopic (exact) mass is 422 g/mol. The number of aromatic nitrogens is 2. The number of carbonyl (C=O) groups is 1. The van der Waals surface area contributed by atoms with Crippen molar-refractivity contribution in [1.82, 2.24) is 9.97 Å². The van der Waals surface area contributed by atoms with E-state index in [1.807, 2.05) is 0 Å². The Balaban J connectivity index is 1.82. The average Bonchev–Trinajstić information content (AvgIpc) is 3.52. The number of nitrogens with zero attached hydrogens (tertiary/aromatic N) is 4. The zero-order valence-electron chi connectivity index (χ0n) is 15.6. The molecular weight excluding hydrogens is 404 g/mol. The third-order valence-electron chi connectivity index (χ3n) is 4.72. The van der Waals surface area contributed by atoms with E-state index in [9.17, 15) is 9.35 Å². The quantitative estimate of drug-likeness (QED) is 0.543. The largest absolute Gasteiger partial charge is 0.609 e. The van der Waals surface area contributed by atoms with Gasteiger partial charge >= 0.3 is 11.2 Å². The Bertz CT molecular complexity index is 938. The standard InChI is InChI=1S/C18H19ClN4O4S/c1-26-12-6-13(15(19)14(7-12)27-2)22-9-10-8-20-17(28(3)25)21-16(10)23(18(22)24)11-4-5-11/h6-8,11H,4-5,9H2,1-3H3. The number of amides is 2. The van der Waals surface area contributed by atoms with E-state index in [0.29, 0.717) is 28.0 Å². The molecule has 1 aromatic heterocycles. The first-order chi connectivity index (χ1) is 13.4. The molecule has 28 heavy (non-hydrogen) atoms. The van der Waals surface area contributed by atoms with Crippen molar-refractivity contribution < 1.29 is 18.8 Å². The molecule has 8 nitrogen and oxygen atoms in total. The lowest BCUT2D eigenvalue weighted by Gasteiger charge is -2.36. The molecule has 1 fully saturated rings. The zero-order chi connectivity index (χ0) is 20.0. The molecule has 0 N–H and O–H groups in total. The van der Waals surface area contributed by atoms with Gasteiger partial charge in [-0.25, -0.2) is 4.79 Å². The van der Waals surface area contributed by atoms with Gasteiger partial charge in [0, 0.05) is 41.1 Å². The summed E-state index contributed by atoms with van der Waals surface area (Å²) in [4.78, 5) is 25.2. The van der Waals surface area contributed by atoms with Crippen LogP contribution in [0.1, 0.15) is 18.4 Å². The molecule has 1 aliphatic carbocycles. The molecule has 1 atom stereocenters. The van der Waals surface area contributed by atoms with E-state index in [0.717, 1.165) is 18.4 Å². The third-order valence-corrected chi connectivity index (χ3v) is 5.81. The lowest BCUT2D eigenvalue weighted by Crippen LogP contribution is -2.49. The van der Waals surface area contributed by atoms with Gasteiger partial charge in [-0.15, -0.1) is 0 Å². The van der Waals surface area contributed by atoms with Crippen LogP contribution in [0.25, 0.3) is 0 Å². The predicted octanol–water partition coefficient (Wildman–Crippen LogP) is 2.99. The van der Waals surface area contributed by atoms with Crippen LogP contribution in [-0.2, 0) is 17.7 Å². The van der Waals surface area contributed by atoms with E-state index in [2.05, 4.69) is 9.97 Å². The molecule has 4 rings (SSSR count). The van der Waals surface area contributed by atoms with Crippen molar-refractivity contribution in [3.63, 3.8) is 0 Å². The van der Waals surface area contributed by atoms with E-state index in [1.54, 1.807) is 28.1 Å². The van der Waals surface area contributed by atoms with Crippen LogP contribution in [0.5, 0.6) is 11.5 Å². The van der Waals surface area contributed by atoms with E-state index in [4.69, 9.17) is 21.1 Å². The maximum Gasteiger partial charge on any atom is 0.344 e. The summed E-state index contributed by atoms with van der Waals surface area (Å²) >= 11 is 5.18. The Hall–Kier alpha value is -2.23. The number of ether oxygens (including phenoxy) is 2. The molecule has 0 saturated heterocycles. The van der Waals surface area contributed by atoms with Crippen LogP contribution < -0.4 is 19.3 Å². The Labute approximate surface area is 170 Å². The van der Waals surface area contributed by atoms with E-state index >= 15 is 0 Å². The number of fused-ring (bicyclic) bond motifs is 1. The van der Waals surface area contributed by atoms with Gasteiger partial charge < -0.3 is 14.0 Å². The first-order valence-electron chi connectivity index (χ1n) is 8.66. The number of hydrogen-bond acceptors (Lipinski definition) is 6. The van der Waals surface area contributed by atoms with Crippen LogP contribution in [0.3, 0.4) is 0 Å². The lowest BCUT2D eigenvalue weighted by atomic mass is 10.1. The minimum Gasteiger partial charge on any atom is -0.609 e. The van der Waals surface area contributed by atoms with Crippen molar-refractivity contribution in [1.29, 1.82) is 0 Å². The van der Waals surface area contributed by atoms with Crippen LogP contribution in [0.2, 0.25) is 5.02 Å². The summed E-state index contributed by atoms with van der Waals surface area (Å²) in [6, 6.07) is 3.20. The first kappa shape index (κ1) is 19.1. The predicted molar refractivity (Wildman–Crippen MR) is 106 cm³/mol. The summed E-state index contributed by atoms with van der Waals surface area (Å²) < 4.78 is 22.5. The molecule has 2 heterocycles. The highest BCUT2D eigenvalue weighted by Crippen LogP contribution is 2.43. The van der Waals surface area contributed by atoms with Gasteiger partial charge in [0.05, 0.1) is 26.5 Å². The van der Waals surface area contributed by atoms with E-state index < -0.39 is 11.2 Å². The molecule has 0 spiro atoms. The molecule has 1 saturated carbocycles. The summed E-state index contributed by atoms with van der Waals surface area (Å²) in [6.07, 6.45) is 4.92. The van der Waals surface area contributed by atoms with Gasteiger partial charge in [-0.05, 0) is 12.8 Å². The molecule has 1 unspecified atom stereocenters. The van der Waals surface area contributed by atoms with Crippen molar-refractivity contribution in [2.45, 2.75) is 30.6 Å². The second-order valence-corrected chi connectivity index (χ2v) is 8.24. The Morgan fingerprint density at radius 1 is 1.29 bits per heavy atom. The van der Waals surface area contributed by atoms with Crippen LogP contribution in [0, 0.1) is 0 Å². The summed E-state index contributed by atoms with van der Waals surface area (Å²) in [6.45, 7) is 0.240. The highest BCUT2D eigenvalue weighted by atomic mass is 35.5. The molecule has 148 valence electrons. The van der Waals surface area contributed by atoms with Gasteiger partial charge in [0.2, 0.25) is 0 Å². The molecule has 2 amide bonds. The topological polar surface area (TPSA) is 90.8 Å². The van der Waals surface area contributed by atoms with Gasteiger partial charge in [-0.3, -0.25) is 9.80 Å². The Morgan fingerprint density at radius 3 is 2.64 bits per heavy atom. The van der Waals surface area contributed by atoms with Crippen molar-refractivity contribution in [2.24, 2.45) is 0 Å². The number of hydrogen-bond donors (Lipinski definition) is 0. The van der Waals surface area contributed by atoms with Gasteiger partial charge in [0.25, 0.3) is 0 Å². The van der Waals surface area contributed by atoms with Crippen LogP contribution in [-0.4, -0.2) is 47.1 Å². The minimum atomic E-state index is -1.33. The summed E-state index contributed by atoms with van der Waals surface area (Å²) in [7, 11) is 3.05. The number of urea groups is 1. The molecule has 1 aromatic carbocycles. The molecule has 0 bridgehead atoms. The molecule has 0 radical (unpaired) electrons. The van der Waals surface area contributed by atoms with Crippen molar-refractivity contribution in [3.05, 3.63) is 28.9 Å². The molecular formula is C18H19ClN4O4S. The van der Waals surface area contributed by atoms with Crippen molar-refractivity contribution in [3.8, 4) is 11.5 Å². The number of halogens is 1. The van der Waals surface area contributed by atoms with Crippen LogP contribution >= 0.6 is 11.6 Å². The number of anilines is 2. The fourth-order valence-corrected chi connectivity index (χ4v) is 3.88. The van der Waals surface area contributed by atoms with Crippen molar-refractivity contribution in [2.75, 3.05) is 30.3 Å².